The molecule has 0 saturated heterocycles. The van der Waals surface area contributed by atoms with Crippen molar-refractivity contribution in [2.75, 3.05) is 19.7 Å². The SMILES string of the molecule is CCNC(=NCc1ccc(S(=O)(=O)NC2CC2)cc1)NCC1(CCO)CCCCC1.I. The third kappa shape index (κ3) is 8.18. The van der Waals surface area contributed by atoms with Gasteiger partial charge in [0.1, 0.15) is 0 Å². The minimum atomic E-state index is -3.42. The molecule has 176 valence electrons. The lowest BCUT2D eigenvalue weighted by atomic mass is 9.72. The van der Waals surface area contributed by atoms with E-state index in [0.29, 0.717) is 11.4 Å². The summed E-state index contributed by atoms with van der Waals surface area (Å²) in [5.74, 6) is 0.757. The highest BCUT2D eigenvalue weighted by molar-refractivity contribution is 14.0. The van der Waals surface area contributed by atoms with Gasteiger partial charge in [-0.2, -0.15) is 0 Å². The van der Waals surface area contributed by atoms with Crippen LogP contribution in [0.2, 0.25) is 0 Å². The standard InChI is InChI=1S/C22H36N4O3S.HI/c1-2-23-21(25-17-22(14-15-27)12-4-3-5-13-22)24-16-18-6-10-20(11-7-18)30(28,29)26-19-8-9-19;/h6-7,10-11,19,26-27H,2-5,8-9,12-17H2,1H3,(H2,23,24,25);1H. The highest BCUT2D eigenvalue weighted by Crippen LogP contribution is 2.38. The van der Waals surface area contributed by atoms with E-state index in [4.69, 9.17) is 0 Å². The maximum absolute atomic E-state index is 12.3. The average molecular weight is 565 g/mol. The largest absolute Gasteiger partial charge is 0.396 e. The normalized spacial score (nSPS) is 18.8. The van der Waals surface area contributed by atoms with Crippen LogP contribution in [0, 0.1) is 5.41 Å². The molecular formula is C22H37IN4O3S. The summed E-state index contributed by atoms with van der Waals surface area (Å²) >= 11 is 0. The van der Waals surface area contributed by atoms with Gasteiger partial charge in [0, 0.05) is 25.7 Å². The Morgan fingerprint density at radius 2 is 1.81 bits per heavy atom. The van der Waals surface area contributed by atoms with Gasteiger partial charge in [0.05, 0.1) is 11.4 Å². The number of nitrogens with zero attached hydrogens (tertiary/aromatic N) is 1. The molecule has 0 aliphatic heterocycles. The number of rotatable bonds is 10. The van der Waals surface area contributed by atoms with E-state index in [1.165, 1.54) is 19.3 Å². The molecule has 31 heavy (non-hydrogen) atoms. The molecule has 0 heterocycles. The van der Waals surface area contributed by atoms with E-state index in [9.17, 15) is 13.5 Å². The maximum Gasteiger partial charge on any atom is 0.240 e. The molecule has 0 bridgehead atoms. The van der Waals surface area contributed by atoms with Crippen molar-refractivity contribution in [2.45, 2.75) is 75.8 Å². The Bertz CT molecular complexity index is 799. The zero-order valence-electron chi connectivity index (χ0n) is 18.4. The van der Waals surface area contributed by atoms with E-state index in [0.717, 1.165) is 56.7 Å². The lowest BCUT2D eigenvalue weighted by Gasteiger charge is -2.37. The summed E-state index contributed by atoms with van der Waals surface area (Å²) in [7, 11) is -3.42. The van der Waals surface area contributed by atoms with Crippen molar-refractivity contribution < 1.29 is 13.5 Å². The first-order valence-electron chi connectivity index (χ1n) is 11.2. The molecule has 1 aromatic rings. The number of halogens is 1. The lowest BCUT2D eigenvalue weighted by molar-refractivity contribution is 0.131. The van der Waals surface area contributed by atoms with Crippen LogP contribution in [0.1, 0.15) is 63.9 Å². The molecule has 0 atom stereocenters. The molecule has 3 rings (SSSR count). The molecule has 0 unspecified atom stereocenters. The number of aliphatic hydroxyl groups is 1. The number of guanidine groups is 1. The second kappa shape index (κ2) is 12.4. The van der Waals surface area contributed by atoms with Crippen LogP contribution in [0.5, 0.6) is 0 Å². The number of aliphatic imine (C=N–C) groups is 1. The first-order chi connectivity index (χ1) is 14.5. The molecule has 1 aromatic carbocycles. The molecule has 2 fully saturated rings. The minimum absolute atomic E-state index is 0. The highest BCUT2D eigenvalue weighted by atomic mass is 127. The summed E-state index contributed by atoms with van der Waals surface area (Å²) in [6, 6.07) is 7.04. The van der Waals surface area contributed by atoms with Gasteiger partial charge in [0.2, 0.25) is 10.0 Å². The van der Waals surface area contributed by atoms with Crippen molar-refractivity contribution in [3.8, 4) is 0 Å². The Hall–Kier alpha value is -0.910. The number of hydrogen-bond acceptors (Lipinski definition) is 4. The van der Waals surface area contributed by atoms with Crippen molar-refractivity contribution >= 4 is 40.0 Å². The fourth-order valence-electron chi connectivity index (χ4n) is 4.10. The van der Waals surface area contributed by atoms with Crippen LogP contribution in [0.3, 0.4) is 0 Å². The molecular weight excluding hydrogens is 527 g/mol. The van der Waals surface area contributed by atoms with Crippen molar-refractivity contribution in [3.05, 3.63) is 29.8 Å². The quantitative estimate of drug-likeness (QED) is 0.199. The smallest absolute Gasteiger partial charge is 0.240 e. The van der Waals surface area contributed by atoms with Crippen molar-refractivity contribution in [1.82, 2.24) is 15.4 Å². The van der Waals surface area contributed by atoms with E-state index in [2.05, 4.69) is 20.3 Å². The van der Waals surface area contributed by atoms with E-state index in [-0.39, 0.29) is 42.0 Å². The Balaban J connectivity index is 0.00000341. The zero-order valence-corrected chi connectivity index (χ0v) is 21.5. The van der Waals surface area contributed by atoms with Gasteiger partial charge in [-0.05, 0) is 62.1 Å². The van der Waals surface area contributed by atoms with Gasteiger partial charge in [0.25, 0.3) is 0 Å². The molecule has 2 aliphatic carbocycles. The monoisotopic (exact) mass is 564 g/mol. The van der Waals surface area contributed by atoms with Crippen molar-refractivity contribution in [3.63, 3.8) is 0 Å². The molecule has 7 nitrogen and oxygen atoms in total. The first kappa shape index (κ1) is 26.3. The molecule has 2 saturated carbocycles. The van der Waals surface area contributed by atoms with Crippen molar-refractivity contribution in [1.29, 1.82) is 0 Å². The highest BCUT2D eigenvalue weighted by Gasteiger charge is 2.31. The summed E-state index contributed by atoms with van der Waals surface area (Å²) in [4.78, 5) is 4.98. The average Bonchev–Trinajstić information content (AvgIpc) is 3.55. The fraction of sp³-hybridized carbons (Fsp3) is 0.682. The van der Waals surface area contributed by atoms with Gasteiger partial charge < -0.3 is 15.7 Å². The fourth-order valence-corrected chi connectivity index (χ4v) is 5.41. The number of benzene rings is 1. The predicted octanol–water partition coefficient (Wildman–Crippen LogP) is 3.13. The summed E-state index contributed by atoms with van der Waals surface area (Å²) in [5, 5.41) is 16.3. The molecule has 2 aliphatic rings. The Morgan fingerprint density at radius 3 is 2.39 bits per heavy atom. The molecule has 0 spiro atoms. The number of nitrogens with one attached hydrogen (secondary N) is 3. The Morgan fingerprint density at radius 1 is 1.13 bits per heavy atom. The van der Waals surface area contributed by atoms with E-state index >= 15 is 0 Å². The summed E-state index contributed by atoms with van der Waals surface area (Å²) in [6.45, 7) is 4.30. The first-order valence-corrected chi connectivity index (χ1v) is 12.7. The van der Waals surface area contributed by atoms with E-state index < -0.39 is 10.0 Å². The molecule has 0 radical (unpaired) electrons. The van der Waals surface area contributed by atoms with Gasteiger partial charge in [-0.25, -0.2) is 18.1 Å². The van der Waals surface area contributed by atoms with E-state index in [1.807, 2.05) is 19.1 Å². The van der Waals surface area contributed by atoms with Crippen LogP contribution < -0.4 is 15.4 Å². The second-order valence-corrected chi connectivity index (χ2v) is 10.3. The van der Waals surface area contributed by atoms with Crippen LogP contribution in [0.25, 0.3) is 0 Å². The molecule has 4 N–H and O–H groups in total. The van der Waals surface area contributed by atoms with Gasteiger partial charge >= 0.3 is 0 Å². The van der Waals surface area contributed by atoms with Crippen LogP contribution >= 0.6 is 24.0 Å². The van der Waals surface area contributed by atoms with Crippen LogP contribution in [0.15, 0.2) is 34.2 Å². The Kier molecular flexibility index (Phi) is 10.5. The number of hydrogen-bond donors (Lipinski definition) is 4. The van der Waals surface area contributed by atoms with Gasteiger partial charge in [-0.3, -0.25) is 0 Å². The maximum atomic E-state index is 12.3. The lowest BCUT2D eigenvalue weighted by Crippen LogP contribution is -2.44. The third-order valence-electron chi connectivity index (χ3n) is 6.08. The molecule has 9 heteroatoms. The topological polar surface area (TPSA) is 103 Å². The van der Waals surface area contributed by atoms with Crippen LogP contribution in [-0.4, -0.2) is 45.2 Å². The number of aliphatic hydroxyl groups excluding tert-OH is 1. The van der Waals surface area contributed by atoms with Crippen molar-refractivity contribution in [2.24, 2.45) is 10.4 Å². The third-order valence-corrected chi connectivity index (χ3v) is 7.62. The van der Waals surface area contributed by atoms with Gasteiger partial charge in [-0.1, -0.05) is 31.4 Å². The van der Waals surface area contributed by atoms with Gasteiger partial charge in [0.15, 0.2) is 5.96 Å². The van der Waals surface area contributed by atoms with Crippen LogP contribution in [-0.2, 0) is 16.6 Å². The molecule has 0 amide bonds. The Labute approximate surface area is 204 Å². The van der Waals surface area contributed by atoms with Gasteiger partial charge in [-0.15, -0.1) is 24.0 Å². The molecule has 0 aromatic heterocycles. The van der Waals surface area contributed by atoms with Crippen LogP contribution in [0.4, 0.5) is 0 Å². The summed E-state index contributed by atoms with van der Waals surface area (Å²) in [5.41, 5.74) is 1.11. The second-order valence-electron chi connectivity index (χ2n) is 8.62. The van der Waals surface area contributed by atoms with E-state index in [1.54, 1.807) is 12.1 Å². The predicted molar refractivity (Wildman–Crippen MR) is 135 cm³/mol. The minimum Gasteiger partial charge on any atom is -0.396 e. The number of sulfonamides is 1. The summed E-state index contributed by atoms with van der Waals surface area (Å²) in [6.07, 6.45) is 8.68. The summed E-state index contributed by atoms with van der Waals surface area (Å²) < 4.78 is 27.3. The zero-order chi connectivity index (χ0) is 21.5.